The molecule has 5 heteroatoms. The van der Waals surface area contributed by atoms with Crippen LogP contribution in [0.2, 0.25) is 0 Å². The number of fused-ring (bicyclic) bond motifs is 1. The molecule has 0 aliphatic heterocycles. The summed E-state index contributed by atoms with van der Waals surface area (Å²) in [4.78, 5) is 0. The van der Waals surface area contributed by atoms with Crippen LogP contribution in [0.15, 0.2) is 42.5 Å². The molecule has 0 radical (unpaired) electrons. The minimum absolute atomic E-state index is 0.481. The third-order valence-corrected chi connectivity index (χ3v) is 3.13. The van der Waals surface area contributed by atoms with Crippen molar-refractivity contribution in [3.05, 3.63) is 48.0 Å². The first-order valence-electron chi connectivity index (χ1n) is 6.25. The average molecular weight is 269 g/mol. The lowest BCUT2D eigenvalue weighted by Crippen LogP contribution is -1.95. The predicted molar refractivity (Wildman–Crippen MR) is 77.8 cm³/mol. The van der Waals surface area contributed by atoms with E-state index in [-0.39, 0.29) is 0 Å². The maximum absolute atomic E-state index is 5.77. The van der Waals surface area contributed by atoms with Gasteiger partial charge in [-0.2, -0.15) is 5.10 Å². The summed E-state index contributed by atoms with van der Waals surface area (Å²) in [7, 11) is 1.65. The van der Waals surface area contributed by atoms with E-state index in [1.165, 1.54) is 0 Å². The van der Waals surface area contributed by atoms with Crippen molar-refractivity contribution in [3.63, 3.8) is 0 Å². The van der Waals surface area contributed by atoms with Crippen LogP contribution in [0.3, 0.4) is 0 Å². The molecule has 0 fully saturated rings. The number of hydrogen-bond donors (Lipinski definition) is 2. The molecule has 3 aromatic rings. The zero-order valence-corrected chi connectivity index (χ0v) is 11.1. The largest absolute Gasteiger partial charge is 0.497 e. The molecule has 102 valence electrons. The molecule has 0 aliphatic carbocycles. The zero-order chi connectivity index (χ0) is 13.9. The monoisotopic (exact) mass is 269 g/mol. The number of methoxy groups -OCH3 is 1. The van der Waals surface area contributed by atoms with Gasteiger partial charge in [-0.05, 0) is 35.9 Å². The molecule has 0 amide bonds. The van der Waals surface area contributed by atoms with E-state index in [4.69, 9.17) is 15.2 Å². The second kappa shape index (κ2) is 5.13. The second-order valence-corrected chi connectivity index (χ2v) is 4.45. The van der Waals surface area contributed by atoms with Crippen molar-refractivity contribution in [1.29, 1.82) is 0 Å². The smallest absolute Gasteiger partial charge is 0.153 e. The van der Waals surface area contributed by atoms with Gasteiger partial charge >= 0.3 is 0 Å². The summed E-state index contributed by atoms with van der Waals surface area (Å²) in [5.74, 6) is 2.08. The minimum Gasteiger partial charge on any atom is -0.497 e. The van der Waals surface area contributed by atoms with Crippen LogP contribution < -0.4 is 15.2 Å². The lowest BCUT2D eigenvalue weighted by molar-refractivity contribution is 0.306. The third kappa shape index (κ3) is 2.38. The number of aromatic amines is 1. The summed E-state index contributed by atoms with van der Waals surface area (Å²) in [6, 6.07) is 13.5. The number of nitrogens with one attached hydrogen (secondary N) is 1. The van der Waals surface area contributed by atoms with E-state index in [0.29, 0.717) is 12.4 Å². The maximum Gasteiger partial charge on any atom is 0.153 e. The molecule has 5 nitrogen and oxygen atoms in total. The molecule has 20 heavy (non-hydrogen) atoms. The van der Waals surface area contributed by atoms with Gasteiger partial charge in [0, 0.05) is 5.39 Å². The molecule has 2 aromatic carbocycles. The van der Waals surface area contributed by atoms with Gasteiger partial charge in [0.05, 0.1) is 12.6 Å². The van der Waals surface area contributed by atoms with Crippen molar-refractivity contribution in [1.82, 2.24) is 10.2 Å². The second-order valence-electron chi connectivity index (χ2n) is 4.45. The number of nitrogens with two attached hydrogens (primary N) is 1. The first-order valence-corrected chi connectivity index (χ1v) is 6.25. The standard InChI is InChI=1S/C15H15N3O2/c1-19-11-4-2-10(3-5-11)9-20-12-6-7-14-13(8-12)15(16)18-17-14/h2-8H,9H2,1H3,(H3,16,17,18). The fraction of sp³-hybridized carbons (Fsp3) is 0.133. The van der Waals surface area contributed by atoms with Crippen LogP contribution in [0, 0.1) is 0 Å². The number of benzene rings is 2. The highest BCUT2D eigenvalue weighted by atomic mass is 16.5. The Kier molecular flexibility index (Phi) is 3.16. The summed E-state index contributed by atoms with van der Waals surface area (Å²) in [5, 5.41) is 7.69. The van der Waals surface area contributed by atoms with Crippen molar-refractivity contribution >= 4 is 16.7 Å². The van der Waals surface area contributed by atoms with Crippen LogP contribution in [-0.2, 0) is 6.61 Å². The number of nitrogens with zero attached hydrogens (tertiary/aromatic N) is 1. The number of aromatic nitrogens is 2. The highest BCUT2D eigenvalue weighted by Gasteiger charge is 2.04. The SMILES string of the molecule is COc1ccc(COc2ccc3[nH]nc(N)c3c2)cc1. The molecular weight excluding hydrogens is 254 g/mol. The molecule has 0 atom stereocenters. The highest BCUT2D eigenvalue weighted by Crippen LogP contribution is 2.24. The maximum atomic E-state index is 5.77. The number of ether oxygens (including phenoxy) is 2. The third-order valence-electron chi connectivity index (χ3n) is 3.13. The van der Waals surface area contributed by atoms with Crippen molar-refractivity contribution in [2.75, 3.05) is 12.8 Å². The number of hydrogen-bond acceptors (Lipinski definition) is 4. The summed E-state index contributed by atoms with van der Waals surface area (Å²) in [6.07, 6.45) is 0. The molecule has 1 heterocycles. The fourth-order valence-electron chi connectivity index (χ4n) is 1.99. The van der Waals surface area contributed by atoms with Gasteiger partial charge in [0.15, 0.2) is 5.82 Å². The summed E-state index contributed by atoms with van der Waals surface area (Å²) < 4.78 is 10.9. The normalized spacial score (nSPS) is 10.7. The molecular formula is C15H15N3O2. The Labute approximate surface area is 116 Å². The van der Waals surface area contributed by atoms with Crippen LogP contribution in [0.1, 0.15) is 5.56 Å². The van der Waals surface area contributed by atoms with E-state index < -0.39 is 0 Å². The predicted octanol–water partition coefficient (Wildman–Crippen LogP) is 2.73. The molecule has 0 spiro atoms. The van der Waals surface area contributed by atoms with E-state index >= 15 is 0 Å². The Balaban J connectivity index is 1.73. The van der Waals surface area contributed by atoms with Gasteiger partial charge in [0.25, 0.3) is 0 Å². The van der Waals surface area contributed by atoms with Crippen LogP contribution >= 0.6 is 0 Å². The molecule has 0 aliphatic rings. The lowest BCUT2D eigenvalue weighted by Gasteiger charge is -2.07. The Morgan fingerprint density at radius 1 is 1.10 bits per heavy atom. The summed E-state index contributed by atoms with van der Waals surface area (Å²) in [5.41, 5.74) is 7.75. The molecule has 0 bridgehead atoms. The van der Waals surface area contributed by atoms with Crippen molar-refractivity contribution in [2.24, 2.45) is 0 Å². The molecule has 0 unspecified atom stereocenters. The number of rotatable bonds is 4. The van der Waals surface area contributed by atoms with Crippen LogP contribution in [-0.4, -0.2) is 17.3 Å². The lowest BCUT2D eigenvalue weighted by atomic mass is 10.2. The Morgan fingerprint density at radius 3 is 2.60 bits per heavy atom. The summed E-state index contributed by atoms with van der Waals surface area (Å²) in [6.45, 7) is 0.493. The van der Waals surface area contributed by atoms with Gasteiger partial charge in [-0.15, -0.1) is 0 Å². The van der Waals surface area contributed by atoms with E-state index in [9.17, 15) is 0 Å². The van der Waals surface area contributed by atoms with Crippen LogP contribution in [0.4, 0.5) is 5.82 Å². The van der Waals surface area contributed by atoms with Gasteiger partial charge < -0.3 is 15.2 Å². The summed E-state index contributed by atoms with van der Waals surface area (Å²) >= 11 is 0. The van der Waals surface area contributed by atoms with Crippen molar-refractivity contribution < 1.29 is 9.47 Å². The molecule has 0 saturated carbocycles. The Bertz CT molecular complexity index is 720. The topological polar surface area (TPSA) is 73.2 Å². The van der Waals surface area contributed by atoms with Crippen molar-refractivity contribution in [3.8, 4) is 11.5 Å². The van der Waals surface area contributed by atoms with Gasteiger partial charge in [0.1, 0.15) is 18.1 Å². The van der Waals surface area contributed by atoms with E-state index in [1.807, 2.05) is 42.5 Å². The Hall–Kier alpha value is -2.69. The van der Waals surface area contributed by atoms with E-state index in [2.05, 4.69) is 10.2 Å². The first kappa shape index (κ1) is 12.3. The van der Waals surface area contributed by atoms with Gasteiger partial charge in [-0.3, -0.25) is 5.10 Å². The molecule has 3 rings (SSSR count). The molecule has 1 aromatic heterocycles. The average Bonchev–Trinajstić information content (AvgIpc) is 2.87. The van der Waals surface area contributed by atoms with E-state index in [1.54, 1.807) is 7.11 Å². The zero-order valence-electron chi connectivity index (χ0n) is 11.1. The van der Waals surface area contributed by atoms with Crippen molar-refractivity contribution in [2.45, 2.75) is 6.61 Å². The van der Waals surface area contributed by atoms with Crippen LogP contribution in [0.5, 0.6) is 11.5 Å². The number of nitrogen functional groups attached to an aromatic ring is 1. The fourth-order valence-corrected chi connectivity index (χ4v) is 1.99. The van der Waals surface area contributed by atoms with Crippen LogP contribution in [0.25, 0.3) is 10.9 Å². The molecule has 3 N–H and O–H groups in total. The first-order chi connectivity index (χ1) is 9.76. The van der Waals surface area contributed by atoms with Gasteiger partial charge in [0.2, 0.25) is 0 Å². The van der Waals surface area contributed by atoms with Gasteiger partial charge in [-0.1, -0.05) is 12.1 Å². The molecule has 0 saturated heterocycles. The quantitative estimate of drug-likeness (QED) is 0.763. The highest BCUT2D eigenvalue weighted by molar-refractivity contribution is 5.89. The number of anilines is 1. The Morgan fingerprint density at radius 2 is 1.85 bits per heavy atom. The van der Waals surface area contributed by atoms with E-state index in [0.717, 1.165) is 28.0 Å². The minimum atomic E-state index is 0.481. The van der Waals surface area contributed by atoms with Gasteiger partial charge in [-0.25, -0.2) is 0 Å². The number of H-pyrrole nitrogens is 1.